The molecule has 2 aromatic rings. The van der Waals surface area contributed by atoms with Crippen molar-refractivity contribution in [1.29, 1.82) is 0 Å². The van der Waals surface area contributed by atoms with Gasteiger partial charge in [0.05, 0.1) is 17.0 Å². The number of nitrogens with two attached hydrogens (primary N) is 1. The molecule has 1 aromatic carbocycles. The zero-order chi connectivity index (χ0) is 23.8. The summed E-state index contributed by atoms with van der Waals surface area (Å²) in [6.45, 7) is 8.18. The molecule has 8 heteroatoms. The number of fused-ring (bicyclic) bond motifs is 1. The Kier molecular flexibility index (Phi) is 6.59. The van der Waals surface area contributed by atoms with Crippen LogP contribution in [0.25, 0.3) is 0 Å². The molecule has 0 spiro atoms. The normalized spacial score (nSPS) is 17.5. The van der Waals surface area contributed by atoms with Crippen molar-refractivity contribution in [2.45, 2.75) is 51.5 Å². The number of carbonyl (C=O) groups excluding carboxylic acids is 3. The fraction of sp³-hybridized carbons (Fsp3) is 0.480. The summed E-state index contributed by atoms with van der Waals surface area (Å²) in [4.78, 5) is 43.4. The molecule has 2 aliphatic rings. The molecule has 1 unspecified atom stereocenters. The number of hydrogen-bond donors (Lipinski definition) is 2. The van der Waals surface area contributed by atoms with Crippen LogP contribution in [-0.2, 0) is 27.8 Å². The van der Waals surface area contributed by atoms with Crippen LogP contribution in [0, 0.1) is 0 Å². The molecule has 0 radical (unpaired) electrons. The number of primary amides is 1. The van der Waals surface area contributed by atoms with Crippen molar-refractivity contribution < 1.29 is 14.4 Å². The van der Waals surface area contributed by atoms with Crippen LogP contribution in [0.4, 0.5) is 5.00 Å². The van der Waals surface area contributed by atoms with Gasteiger partial charge in [0.1, 0.15) is 5.00 Å². The highest BCUT2D eigenvalue weighted by atomic mass is 32.1. The predicted octanol–water partition coefficient (Wildman–Crippen LogP) is 2.78. The molecule has 1 fully saturated rings. The molecular formula is C25H32N4O3S. The first-order valence-corrected chi connectivity index (χ1v) is 12.4. The quantitative estimate of drug-likeness (QED) is 0.681. The highest BCUT2D eigenvalue weighted by Crippen LogP contribution is 2.39. The number of nitrogens with one attached hydrogen (secondary N) is 1. The molecule has 33 heavy (non-hydrogen) atoms. The summed E-state index contributed by atoms with van der Waals surface area (Å²) in [5.74, 6) is -0.531. The smallest absolute Gasteiger partial charge is 0.251 e. The number of carbonyl (C=O) groups is 3. The van der Waals surface area contributed by atoms with Crippen molar-refractivity contribution in [2.75, 3.05) is 31.5 Å². The Balaban J connectivity index is 1.37. The fourth-order valence-corrected chi connectivity index (χ4v) is 6.12. The van der Waals surface area contributed by atoms with Gasteiger partial charge in [0.15, 0.2) is 0 Å². The van der Waals surface area contributed by atoms with Crippen LogP contribution in [0.3, 0.4) is 0 Å². The third-order valence-electron chi connectivity index (χ3n) is 6.96. The van der Waals surface area contributed by atoms with E-state index in [4.69, 9.17) is 5.73 Å². The van der Waals surface area contributed by atoms with Crippen LogP contribution in [0.5, 0.6) is 0 Å². The van der Waals surface area contributed by atoms with Gasteiger partial charge in [-0.15, -0.1) is 11.3 Å². The van der Waals surface area contributed by atoms with E-state index in [-0.39, 0.29) is 17.9 Å². The number of piperazine rings is 1. The molecule has 1 saturated heterocycles. The summed E-state index contributed by atoms with van der Waals surface area (Å²) in [6, 6.07) is 9.46. The fourth-order valence-electron chi connectivity index (χ4n) is 4.82. The van der Waals surface area contributed by atoms with Crippen molar-refractivity contribution in [3.05, 3.63) is 51.9 Å². The summed E-state index contributed by atoms with van der Waals surface area (Å²) in [7, 11) is 0. The maximum absolute atomic E-state index is 13.2. The molecule has 1 aromatic heterocycles. The number of hydrogen-bond acceptors (Lipinski definition) is 5. The van der Waals surface area contributed by atoms with Crippen LogP contribution in [0.2, 0.25) is 0 Å². The lowest BCUT2D eigenvalue weighted by atomic mass is 9.83. The Morgan fingerprint density at radius 3 is 2.36 bits per heavy atom. The number of rotatable bonds is 6. The van der Waals surface area contributed by atoms with E-state index in [1.807, 2.05) is 56.0 Å². The van der Waals surface area contributed by atoms with Crippen LogP contribution in [0.1, 0.15) is 53.6 Å². The van der Waals surface area contributed by atoms with E-state index in [1.54, 1.807) is 0 Å². The van der Waals surface area contributed by atoms with E-state index in [0.29, 0.717) is 36.7 Å². The average Bonchev–Trinajstić information content (AvgIpc) is 3.39. The lowest BCUT2D eigenvalue weighted by molar-refractivity contribution is -0.138. The third kappa shape index (κ3) is 4.54. The summed E-state index contributed by atoms with van der Waals surface area (Å²) in [5.41, 5.74) is 7.50. The van der Waals surface area contributed by atoms with Crippen molar-refractivity contribution >= 4 is 34.1 Å². The largest absolute Gasteiger partial charge is 0.365 e. The Bertz CT molecular complexity index is 1060. The molecule has 1 atom stereocenters. The number of anilines is 1. The second kappa shape index (κ2) is 9.27. The van der Waals surface area contributed by atoms with Gasteiger partial charge in [-0.3, -0.25) is 19.3 Å². The summed E-state index contributed by atoms with van der Waals surface area (Å²) in [5, 5.41) is 3.53. The van der Waals surface area contributed by atoms with Crippen molar-refractivity contribution in [2.24, 2.45) is 5.73 Å². The molecule has 2 heterocycles. The van der Waals surface area contributed by atoms with Gasteiger partial charge in [-0.05, 0) is 51.2 Å². The maximum Gasteiger partial charge on any atom is 0.251 e. The summed E-state index contributed by atoms with van der Waals surface area (Å²) in [6.07, 6.45) is 2.79. The Morgan fingerprint density at radius 1 is 1.06 bits per heavy atom. The van der Waals surface area contributed by atoms with Crippen molar-refractivity contribution in [1.82, 2.24) is 9.80 Å². The first-order chi connectivity index (χ1) is 15.7. The van der Waals surface area contributed by atoms with E-state index >= 15 is 0 Å². The molecule has 176 valence electrons. The standard InChI is InChI=1S/C25H32N4O3S/c1-16(22(31)27-23-20(21(26)30)18-10-7-11-19(18)33-23)28-12-14-29(15-13-28)24(32)25(2,3)17-8-5-4-6-9-17/h4-6,8-9,16H,7,10-15H2,1-3H3,(H2,26,30)(H,27,31). The van der Waals surface area contributed by atoms with Crippen LogP contribution >= 0.6 is 11.3 Å². The molecular weight excluding hydrogens is 436 g/mol. The minimum atomic E-state index is -0.600. The Hall–Kier alpha value is -2.71. The molecule has 4 rings (SSSR count). The highest BCUT2D eigenvalue weighted by molar-refractivity contribution is 7.17. The van der Waals surface area contributed by atoms with E-state index in [1.165, 1.54) is 11.3 Å². The number of benzene rings is 1. The second-order valence-corrected chi connectivity index (χ2v) is 10.5. The summed E-state index contributed by atoms with van der Waals surface area (Å²) < 4.78 is 0. The number of amides is 3. The van der Waals surface area contributed by atoms with Gasteiger partial charge in [-0.2, -0.15) is 0 Å². The first-order valence-electron chi connectivity index (χ1n) is 11.5. The van der Waals surface area contributed by atoms with Crippen LogP contribution in [-0.4, -0.2) is 59.7 Å². The molecule has 1 aliphatic carbocycles. The average molecular weight is 469 g/mol. The Labute approximate surface area is 198 Å². The molecule has 0 saturated carbocycles. The molecule has 1 aliphatic heterocycles. The number of aryl methyl sites for hydroxylation is 1. The Morgan fingerprint density at radius 2 is 1.73 bits per heavy atom. The molecule has 3 amide bonds. The number of nitrogens with zero attached hydrogens (tertiary/aromatic N) is 2. The van der Waals surface area contributed by atoms with Gasteiger partial charge < -0.3 is 16.0 Å². The van der Waals surface area contributed by atoms with Gasteiger partial charge in [0, 0.05) is 31.1 Å². The molecule has 3 N–H and O–H groups in total. The zero-order valence-electron chi connectivity index (χ0n) is 19.5. The maximum atomic E-state index is 13.2. The second-order valence-electron chi connectivity index (χ2n) is 9.41. The zero-order valence-corrected chi connectivity index (χ0v) is 20.3. The monoisotopic (exact) mass is 468 g/mol. The van der Waals surface area contributed by atoms with E-state index < -0.39 is 11.3 Å². The molecule has 7 nitrogen and oxygen atoms in total. The number of thiophene rings is 1. The van der Waals surface area contributed by atoms with Crippen molar-refractivity contribution in [3.8, 4) is 0 Å². The highest BCUT2D eigenvalue weighted by Gasteiger charge is 2.36. The first kappa shape index (κ1) is 23.4. The minimum absolute atomic E-state index is 0.102. The van der Waals surface area contributed by atoms with E-state index in [9.17, 15) is 14.4 Å². The molecule has 0 bridgehead atoms. The van der Waals surface area contributed by atoms with E-state index in [2.05, 4.69) is 10.2 Å². The van der Waals surface area contributed by atoms with Crippen LogP contribution in [0.15, 0.2) is 30.3 Å². The van der Waals surface area contributed by atoms with Gasteiger partial charge >= 0.3 is 0 Å². The predicted molar refractivity (Wildman–Crippen MR) is 131 cm³/mol. The van der Waals surface area contributed by atoms with E-state index in [0.717, 1.165) is 35.3 Å². The van der Waals surface area contributed by atoms with Gasteiger partial charge in [0.2, 0.25) is 11.8 Å². The van der Waals surface area contributed by atoms with Gasteiger partial charge in [-0.1, -0.05) is 30.3 Å². The topological polar surface area (TPSA) is 95.7 Å². The SMILES string of the molecule is CC(C(=O)Nc1sc2c(c1C(N)=O)CCC2)N1CCN(C(=O)C(C)(C)c2ccccc2)CC1. The lowest BCUT2D eigenvalue weighted by Crippen LogP contribution is -2.56. The minimum Gasteiger partial charge on any atom is -0.365 e. The summed E-state index contributed by atoms with van der Waals surface area (Å²) >= 11 is 1.47. The lowest BCUT2D eigenvalue weighted by Gasteiger charge is -2.40. The van der Waals surface area contributed by atoms with Gasteiger partial charge in [-0.25, -0.2) is 0 Å². The van der Waals surface area contributed by atoms with Crippen molar-refractivity contribution in [3.63, 3.8) is 0 Å². The third-order valence-corrected chi connectivity index (χ3v) is 8.17. The van der Waals surface area contributed by atoms with Gasteiger partial charge in [0.25, 0.3) is 5.91 Å². The van der Waals surface area contributed by atoms with Crippen LogP contribution < -0.4 is 11.1 Å².